The lowest BCUT2D eigenvalue weighted by Crippen LogP contribution is -2.44. The van der Waals surface area contributed by atoms with E-state index in [1.807, 2.05) is 6.92 Å². The third-order valence-electron chi connectivity index (χ3n) is 5.16. The maximum absolute atomic E-state index is 13.6. The van der Waals surface area contributed by atoms with Crippen LogP contribution in [0.25, 0.3) is 0 Å². The van der Waals surface area contributed by atoms with Crippen LogP contribution in [0.1, 0.15) is 5.56 Å². The van der Waals surface area contributed by atoms with Crippen LogP contribution in [0.3, 0.4) is 0 Å². The number of aliphatic hydroxyl groups is 1. The Balaban J connectivity index is 1.99. The van der Waals surface area contributed by atoms with Crippen LogP contribution in [-0.2, 0) is 20.0 Å². The van der Waals surface area contributed by atoms with Crippen molar-refractivity contribution in [1.29, 1.82) is 0 Å². The Morgan fingerprint density at radius 2 is 1.38 bits per heavy atom. The van der Waals surface area contributed by atoms with Crippen molar-refractivity contribution in [3.8, 4) is 5.75 Å². The number of benzene rings is 3. The highest BCUT2D eigenvalue weighted by atomic mass is 32.2. The van der Waals surface area contributed by atoms with Gasteiger partial charge in [-0.25, -0.2) is 16.8 Å². The van der Waals surface area contributed by atoms with Crippen molar-refractivity contribution in [2.75, 3.05) is 35.1 Å². The largest absolute Gasteiger partial charge is 0.495 e. The normalized spacial score (nSPS) is 12.7. The van der Waals surface area contributed by atoms with Crippen molar-refractivity contribution in [2.45, 2.75) is 17.9 Å². The molecule has 1 atom stereocenters. The number of para-hydroxylation sites is 2. The van der Waals surface area contributed by atoms with E-state index in [1.165, 1.54) is 19.2 Å². The Kier molecular flexibility index (Phi) is 7.86. The lowest BCUT2D eigenvalue weighted by molar-refractivity contribution is 0.193. The number of rotatable bonds is 10. The van der Waals surface area contributed by atoms with Crippen molar-refractivity contribution in [3.63, 3.8) is 0 Å². The van der Waals surface area contributed by atoms with Gasteiger partial charge in [-0.15, -0.1) is 0 Å². The summed E-state index contributed by atoms with van der Waals surface area (Å²) in [4.78, 5) is 0.0339. The molecule has 3 aromatic rings. The molecule has 3 rings (SSSR count). The Bertz CT molecular complexity index is 1310. The maximum Gasteiger partial charge on any atom is 0.264 e. The van der Waals surface area contributed by atoms with E-state index in [-0.39, 0.29) is 17.1 Å². The van der Waals surface area contributed by atoms with Gasteiger partial charge in [0.1, 0.15) is 5.75 Å². The smallest absolute Gasteiger partial charge is 0.264 e. The van der Waals surface area contributed by atoms with Gasteiger partial charge in [-0.1, -0.05) is 48.0 Å². The molecule has 0 aliphatic rings. The van der Waals surface area contributed by atoms with Gasteiger partial charge < -0.3 is 9.84 Å². The number of nitrogens with zero attached hydrogens (tertiary/aromatic N) is 2. The van der Waals surface area contributed by atoms with Crippen molar-refractivity contribution in [2.24, 2.45) is 0 Å². The van der Waals surface area contributed by atoms with Crippen LogP contribution < -0.4 is 13.3 Å². The van der Waals surface area contributed by atoms with E-state index in [2.05, 4.69) is 0 Å². The first-order chi connectivity index (χ1) is 16.0. The van der Waals surface area contributed by atoms with Gasteiger partial charge in [-0.3, -0.25) is 8.61 Å². The minimum Gasteiger partial charge on any atom is -0.495 e. The van der Waals surface area contributed by atoms with Gasteiger partial charge in [0.15, 0.2) is 0 Å². The van der Waals surface area contributed by atoms with Crippen molar-refractivity contribution in [3.05, 3.63) is 84.4 Å². The molecule has 0 bridgehead atoms. The number of anilines is 2. The zero-order valence-corrected chi connectivity index (χ0v) is 20.8. The highest BCUT2D eigenvalue weighted by Crippen LogP contribution is 2.32. The van der Waals surface area contributed by atoms with Crippen molar-refractivity contribution in [1.82, 2.24) is 0 Å². The predicted molar refractivity (Wildman–Crippen MR) is 133 cm³/mol. The molecule has 0 amide bonds. The summed E-state index contributed by atoms with van der Waals surface area (Å²) >= 11 is 0. The Morgan fingerprint density at radius 1 is 0.824 bits per heavy atom. The molecule has 3 aromatic carbocycles. The standard InChI is InChI=1S/C24H28N2O6S2/c1-19-13-15-20(16-14-19)25(33(3,28)29)17-21(27)18-26(23-11-7-8-12-24(23)32-2)34(30,31)22-9-5-4-6-10-22/h4-16,21,27H,17-18H2,1-3H3/t21-/m0/s1. The number of hydrogen-bond donors (Lipinski definition) is 1. The van der Waals surface area contributed by atoms with Gasteiger partial charge in [-0.2, -0.15) is 0 Å². The van der Waals surface area contributed by atoms with Gasteiger partial charge in [-0.05, 0) is 43.3 Å². The molecule has 0 fully saturated rings. The molecule has 0 heterocycles. The molecule has 0 aliphatic carbocycles. The summed E-state index contributed by atoms with van der Waals surface area (Å²) in [5, 5.41) is 11.0. The summed E-state index contributed by atoms with van der Waals surface area (Å²) in [5.41, 5.74) is 1.56. The predicted octanol–water partition coefficient (Wildman–Crippen LogP) is 3.03. The molecule has 0 saturated carbocycles. The van der Waals surface area contributed by atoms with Gasteiger partial charge in [0.25, 0.3) is 10.0 Å². The van der Waals surface area contributed by atoms with Gasteiger partial charge in [0, 0.05) is 0 Å². The molecule has 0 saturated heterocycles. The molecular weight excluding hydrogens is 476 g/mol. The molecule has 0 unspecified atom stereocenters. The molecule has 0 aromatic heterocycles. The fraction of sp³-hybridized carbons (Fsp3) is 0.250. The molecular formula is C24H28N2O6S2. The van der Waals surface area contributed by atoms with Crippen LogP contribution in [0.2, 0.25) is 0 Å². The molecule has 34 heavy (non-hydrogen) atoms. The number of sulfonamides is 2. The van der Waals surface area contributed by atoms with Crippen LogP contribution >= 0.6 is 0 Å². The third kappa shape index (κ3) is 5.88. The molecule has 0 aliphatic heterocycles. The Hall–Kier alpha value is -3.08. The third-order valence-corrected chi connectivity index (χ3v) is 8.11. The number of aliphatic hydroxyl groups excluding tert-OH is 1. The number of methoxy groups -OCH3 is 1. The topological polar surface area (TPSA) is 104 Å². The molecule has 8 nitrogen and oxygen atoms in total. The summed E-state index contributed by atoms with van der Waals surface area (Å²) in [6.07, 6.45) is -0.308. The minimum atomic E-state index is -4.10. The Labute approximate surface area is 201 Å². The van der Waals surface area contributed by atoms with Crippen LogP contribution in [0.5, 0.6) is 5.75 Å². The fourth-order valence-electron chi connectivity index (χ4n) is 3.47. The number of aryl methyl sites for hydroxylation is 1. The SMILES string of the molecule is COc1ccccc1N(C[C@@H](O)CN(c1ccc(C)cc1)S(C)(=O)=O)S(=O)(=O)c1ccccc1. The van der Waals surface area contributed by atoms with Gasteiger partial charge in [0.2, 0.25) is 10.0 Å². The molecule has 0 spiro atoms. The van der Waals surface area contributed by atoms with Crippen LogP contribution in [-0.4, -0.2) is 54.5 Å². The average Bonchev–Trinajstić information content (AvgIpc) is 2.81. The second-order valence-corrected chi connectivity index (χ2v) is 11.6. The second kappa shape index (κ2) is 10.5. The van der Waals surface area contributed by atoms with Crippen LogP contribution in [0.15, 0.2) is 83.8 Å². The highest BCUT2D eigenvalue weighted by molar-refractivity contribution is 7.93. The monoisotopic (exact) mass is 504 g/mol. The van der Waals surface area contributed by atoms with E-state index in [9.17, 15) is 21.9 Å². The Morgan fingerprint density at radius 3 is 1.97 bits per heavy atom. The van der Waals surface area contributed by atoms with E-state index in [1.54, 1.807) is 66.7 Å². The van der Waals surface area contributed by atoms with E-state index in [4.69, 9.17) is 4.74 Å². The van der Waals surface area contributed by atoms with Gasteiger partial charge in [0.05, 0.1) is 48.8 Å². The quantitative estimate of drug-likeness (QED) is 0.455. The summed E-state index contributed by atoms with van der Waals surface area (Å²) in [5.74, 6) is 0.299. The summed E-state index contributed by atoms with van der Waals surface area (Å²) in [6.45, 7) is 1.15. The zero-order chi connectivity index (χ0) is 24.9. The number of hydrogen-bond acceptors (Lipinski definition) is 6. The van der Waals surface area contributed by atoms with E-state index < -0.39 is 32.7 Å². The van der Waals surface area contributed by atoms with Gasteiger partial charge >= 0.3 is 0 Å². The second-order valence-electron chi connectivity index (χ2n) is 7.80. The average molecular weight is 505 g/mol. The zero-order valence-electron chi connectivity index (χ0n) is 19.2. The van der Waals surface area contributed by atoms with Crippen LogP contribution in [0.4, 0.5) is 11.4 Å². The lowest BCUT2D eigenvalue weighted by atomic mass is 10.2. The first kappa shape index (κ1) is 25.5. The number of ether oxygens (including phenoxy) is 1. The van der Waals surface area contributed by atoms with E-state index >= 15 is 0 Å². The van der Waals surface area contributed by atoms with Crippen molar-refractivity contribution < 1.29 is 26.7 Å². The van der Waals surface area contributed by atoms with E-state index in [0.717, 1.165) is 20.4 Å². The van der Waals surface area contributed by atoms with E-state index in [0.29, 0.717) is 11.4 Å². The molecule has 1 N–H and O–H groups in total. The summed E-state index contributed by atoms with van der Waals surface area (Å²) < 4.78 is 59.6. The minimum absolute atomic E-state index is 0.0339. The first-order valence-corrected chi connectivity index (χ1v) is 13.8. The summed E-state index contributed by atoms with van der Waals surface area (Å²) in [6, 6.07) is 21.2. The first-order valence-electron chi connectivity index (χ1n) is 10.5. The van der Waals surface area contributed by atoms with Crippen LogP contribution in [0, 0.1) is 6.92 Å². The molecule has 182 valence electrons. The molecule has 10 heteroatoms. The maximum atomic E-state index is 13.6. The fourth-order valence-corrected chi connectivity index (χ4v) is 5.95. The molecule has 0 radical (unpaired) electrons. The highest BCUT2D eigenvalue weighted by Gasteiger charge is 2.31. The summed E-state index contributed by atoms with van der Waals surface area (Å²) in [7, 11) is -6.42. The van der Waals surface area contributed by atoms with Crippen molar-refractivity contribution >= 4 is 31.4 Å². The lowest BCUT2D eigenvalue weighted by Gasteiger charge is -2.30.